The fourth-order valence-corrected chi connectivity index (χ4v) is 2.47. The molecule has 0 aliphatic heterocycles. The summed E-state index contributed by atoms with van der Waals surface area (Å²) >= 11 is 5.83. The van der Waals surface area contributed by atoms with Crippen molar-refractivity contribution in [2.45, 2.75) is 25.4 Å². The molecule has 0 bridgehead atoms. The minimum Gasteiger partial charge on any atom is -0.397 e. The highest BCUT2D eigenvalue weighted by Gasteiger charge is 2.26. The number of anilines is 1. The fraction of sp³-hybridized carbons (Fsp3) is 0.250. The molecule has 2 radical (unpaired) electrons. The molecule has 10 heteroatoms. The van der Waals surface area contributed by atoms with E-state index < -0.39 is 5.50 Å². The Kier molecular flexibility index (Phi) is 4.84. The average Bonchev–Trinajstić information content (AvgIpc) is 3.02. The van der Waals surface area contributed by atoms with Crippen LogP contribution in [0.25, 0.3) is 0 Å². The molecule has 0 aliphatic rings. The standard InChI is InChI=1S/C16H15BClN5O3/c1-9-12(19)7-20-23(15(9)24)8-14-21-13(22-26-14)6-16(17,25)10-2-4-11(18)5-3-10/h2-5,7,25H,6,8,19H2,1H3. The second kappa shape index (κ2) is 6.93. The molecule has 3 rings (SSSR count). The largest absolute Gasteiger partial charge is 0.397 e. The summed E-state index contributed by atoms with van der Waals surface area (Å²) in [5, 5.41) is 18.7. The number of benzene rings is 1. The number of aromatic nitrogens is 4. The van der Waals surface area contributed by atoms with Crippen LogP contribution in [-0.2, 0) is 18.5 Å². The molecule has 3 N–H and O–H groups in total. The summed E-state index contributed by atoms with van der Waals surface area (Å²) in [6, 6.07) is 6.48. The van der Waals surface area contributed by atoms with Gasteiger partial charge in [0.05, 0.1) is 17.4 Å². The van der Waals surface area contributed by atoms with Gasteiger partial charge >= 0.3 is 0 Å². The molecular weight excluding hydrogens is 356 g/mol. The van der Waals surface area contributed by atoms with E-state index in [2.05, 4.69) is 15.2 Å². The Morgan fingerprint density at radius 3 is 2.77 bits per heavy atom. The number of rotatable bonds is 5. The van der Waals surface area contributed by atoms with Gasteiger partial charge < -0.3 is 15.4 Å². The molecule has 1 unspecified atom stereocenters. The van der Waals surface area contributed by atoms with Crippen molar-refractivity contribution in [3.63, 3.8) is 0 Å². The third-order valence-electron chi connectivity index (χ3n) is 3.89. The molecule has 0 fully saturated rings. The molecule has 2 heterocycles. The number of hydrogen-bond donors (Lipinski definition) is 2. The van der Waals surface area contributed by atoms with Crippen molar-refractivity contribution in [1.29, 1.82) is 0 Å². The minimum atomic E-state index is -1.70. The highest BCUT2D eigenvalue weighted by Crippen LogP contribution is 2.23. The Hall–Kier alpha value is -2.65. The lowest BCUT2D eigenvalue weighted by molar-refractivity contribution is 0.125. The summed E-state index contributed by atoms with van der Waals surface area (Å²) in [4.78, 5) is 16.3. The van der Waals surface area contributed by atoms with Gasteiger partial charge in [0.25, 0.3) is 5.56 Å². The number of halogens is 1. The van der Waals surface area contributed by atoms with Gasteiger partial charge in [-0.15, -0.1) is 0 Å². The maximum absolute atomic E-state index is 12.1. The summed E-state index contributed by atoms with van der Waals surface area (Å²) in [5.74, 6) is 0.353. The van der Waals surface area contributed by atoms with Crippen LogP contribution in [-0.4, -0.2) is 32.9 Å². The van der Waals surface area contributed by atoms with Crippen LogP contribution in [0.3, 0.4) is 0 Å². The molecule has 2 aromatic heterocycles. The highest BCUT2D eigenvalue weighted by atomic mass is 35.5. The van der Waals surface area contributed by atoms with Gasteiger partial charge in [-0.25, -0.2) is 4.68 Å². The van der Waals surface area contributed by atoms with E-state index in [9.17, 15) is 9.90 Å². The van der Waals surface area contributed by atoms with Crippen molar-refractivity contribution in [3.05, 3.63) is 68.7 Å². The first kappa shape index (κ1) is 18.2. The van der Waals surface area contributed by atoms with Gasteiger partial charge in [0, 0.05) is 17.0 Å². The lowest BCUT2D eigenvalue weighted by Crippen LogP contribution is -2.29. The van der Waals surface area contributed by atoms with Crippen molar-refractivity contribution in [2.24, 2.45) is 0 Å². The van der Waals surface area contributed by atoms with Crippen molar-refractivity contribution < 1.29 is 9.63 Å². The minimum absolute atomic E-state index is 0.0170. The smallest absolute Gasteiger partial charge is 0.272 e. The van der Waals surface area contributed by atoms with E-state index in [1.165, 1.54) is 6.20 Å². The normalized spacial score (nSPS) is 13.5. The summed E-state index contributed by atoms with van der Waals surface area (Å²) < 4.78 is 6.28. The molecule has 0 spiro atoms. The van der Waals surface area contributed by atoms with E-state index >= 15 is 0 Å². The second-order valence-electron chi connectivity index (χ2n) is 5.90. The first-order valence-corrected chi connectivity index (χ1v) is 8.05. The molecule has 0 saturated heterocycles. The van der Waals surface area contributed by atoms with Gasteiger partial charge in [-0.05, 0) is 24.6 Å². The maximum atomic E-state index is 12.1. The quantitative estimate of drug-likeness (QED) is 0.636. The predicted octanol–water partition coefficient (Wildman–Crippen LogP) is 0.775. The van der Waals surface area contributed by atoms with Crippen molar-refractivity contribution in [1.82, 2.24) is 19.9 Å². The zero-order chi connectivity index (χ0) is 18.9. The average molecular weight is 372 g/mol. The zero-order valence-corrected chi connectivity index (χ0v) is 14.6. The summed E-state index contributed by atoms with van der Waals surface area (Å²) in [5.41, 5.74) is 4.76. The summed E-state index contributed by atoms with van der Waals surface area (Å²) in [6.07, 6.45) is 1.30. The molecular formula is C16H15BClN5O3. The lowest BCUT2D eigenvalue weighted by Gasteiger charge is -2.22. The Bertz CT molecular complexity index is 984. The first-order chi connectivity index (χ1) is 12.3. The number of nitrogens with two attached hydrogens (primary N) is 1. The van der Waals surface area contributed by atoms with Crippen LogP contribution in [0.5, 0.6) is 0 Å². The highest BCUT2D eigenvalue weighted by molar-refractivity contribution is 6.30. The molecule has 132 valence electrons. The van der Waals surface area contributed by atoms with Gasteiger partial charge in [0.1, 0.15) is 14.4 Å². The molecule has 1 atom stereocenters. The monoisotopic (exact) mass is 371 g/mol. The van der Waals surface area contributed by atoms with Crippen LogP contribution >= 0.6 is 11.6 Å². The molecule has 26 heavy (non-hydrogen) atoms. The Morgan fingerprint density at radius 2 is 2.08 bits per heavy atom. The molecule has 0 saturated carbocycles. The Morgan fingerprint density at radius 1 is 1.38 bits per heavy atom. The topological polar surface area (TPSA) is 120 Å². The first-order valence-electron chi connectivity index (χ1n) is 7.67. The van der Waals surface area contributed by atoms with Crippen molar-refractivity contribution in [2.75, 3.05) is 5.73 Å². The number of aliphatic hydroxyl groups is 1. The van der Waals surface area contributed by atoms with Crippen molar-refractivity contribution in [3.8, 4) is 0 Å². The van der Waals surface area contributed by atoms with Crippen LogP contribution in [0, 0.1) is 6.92 Å². The van der Waals surface area contributed by atoms with Crippen molar-refractivity contribution >= 4 is 25.1 Å². The molecule has 3 aromatic rings. The second-order valence-corrected chi connectivity index (χ2v) is 6.34. The number of nitrogens with zero attached hydrogens (tertiary/aromatic N) is 4. The predicted molar refractivity (Wildman–Crippen MR) is 95.9 cm³/mol. The van der Waals surface area contributed by atoms with E-state index in [4.69, 9.17) is 29.7 Å². The van der Waals surface area contributed by atoms with Gasteiger partial charge in [0.15, 0.2) is 5.82 Å². The van der Waals surface area contributed by atoms with Gasteiger partial charge in [-0.2, -0.15) is 10.1 Å². The molecule has 0 amide bonds. The van der Waals surface area contributed by atoms with Gasteiger partial charge in [-0.3, -0.25) is 4.79 Å². The zero-order valence-electron chi connectivity index (χ0n) is 13.9. The van der Waals surface area contributed by atoms with E-state index in [1.807, 2.05) is 0 Å². The number of nitrogen functional groups attached to an aromatic ring is 1. The Labute approximate surface area is 155 Å². The van der Waals surface area contributed by atoms with Crippen LogP contribution < -0.4 is 11.3 Å². The van der Waals surface area contributed by atoms with Crippen LogP contribution in [0.1, 0.15) is 22.8 Å². The molecule has 0 aliphatic carbocycles. The van der Waals surface area contributed by atoms with E-state index in [1.54, 1.807) is 31.2 Å². The van der Waals surface area contributed by atoms with Crippen LogP contribution in [0.15, 0.2) is 39.8 Å². The number of hydrogen-bond acceptors (Lipinski definition) is 7. The summed E-state index contributed by atoms with van der Waals surface area (Å²) in [6.45, 7) is 1.59. The third-order valence-corrected chi connectivity index (χ3v) is 4.14. The lowest BCUT2D eigenvalue weighted by atomic mass is 9.73. The Balaban J connectivity index is 1.77. The SMILES string of the molecule is [B]C(O)(Cc1noc(Cn2ncc(N)c(C)c2=O)n1)c1ccc(Cl)cc1. The fourth-order valence-electron chi connectivity index (χ4n) is 2.35. The van der Waals surface area contributed by atoms with Crippen LogP contribution in [0.2, 0.25) is 5.02 Å². The van der Waals surface area contributed by atoms with Gasteiger partial charge in [0.2, 0.25) is 5.89 Å². The van der Waals surface area contributed by atoms with E-state index in [-0.39, 0.29) is 30.2 Å². The van der Waals surface area contributed by atoms with E-state index in [0.717, 1.165) is 4.68 Å². The van der Waals surface area contributed by atoms with E-state index in [0.29, 0.717) is 21.8 Å². The maximum Gasteiger partial charge on any atom is 0.272 e. The molecule has 8 nitrogen and oxygen atoms in total. The van der Waals surface area contributed by atoms with Crippen LogP contribution in [0.4, 0.5) is 5.69 Å². The summed E-state index contributed by atoms with van der Waals surface area (Å²) in [7, 11) is 5.95. The van der Waals surface area contributed by atoms with Gasteiger partial charge in [-0.1, -0.05) is 28.9 Å². The third kappa shape index (κ3) is 3.78. The molecule has 1 aromatic carbocycles.